The zero-order chi connectivity index (χ0) is 25.5. The Morgan fingerprint density at radius 1 is 0.829 bits per heavy atom. The number of nitrogens with zero attached hydrogens (tertiary/aromatic N) is 3. The van der Waals surface area contributed by atoms with E-state index in [1.807, 2.05) is 38.6 Å². The third-order valence-electron chi connectivity index (χ3n) is 8.01. The van der Waals surface area contributed by atoms with Crippen LogP contribution in [0.2, 0.25) is 0 Å². The van der Waals surface area contributed by atoms with Crippen molar-refractivity contribution in [1.82, 2.24) is 20.0 Å². The van der Waals surface area contributed by atoms with Gasteiger partial charge in [-0.25, -0.2) is 0 Å². The number of aromatic amines is 1. The number of rotatable bonds is 4. The average molecular weight is 486 g/mol. The Kier molecular flexibility index (Phi) is 7.30. The summed E-state index contributed by atoms with van der Waals surface area (Å²) in [5.41, 5.74) is 0.759. The van der Waals surface area contributed by atoms with Crippen LogP contribution in [0, 0.1) is 5.92 Å². The summed E-state index contributed by atoms with van der Waals surface area (Å²) >= 11 is 0. The standard InChI is InChI=1S/C15H25BN2O3.C9H15BN2O2/c1-14(2)15(3,4)21-16(20-14)13-9-17-18(11-13)10-12-5-7-19-8-6-12;1-8(2)9(3,4)14-10(13-8)7-5-11-12-6-7/h9,11-12H,5-8,10H2,1-4H3;5-6H,1-4H3,(H,11,12). The largest absolute Gasteiger partial charge is 0.498 e. The molecule has 3 aliphatic heterocycles. The molecule has 0 amide bonds. The summed E-state index contributed by atoms with van der Waals surface area (Å²) in [6.45, 7) is 19.1. The van der Waals surface area contributed by atoms with Gasteiger partial charge in [-0.1, -0.05) is 0 Å². The van der Waals surface area contributed by atoms with Gasteiger partial charge in [-0.15, -0.1) is 0 Å². The molecule has 5 heterocycles. The third kappa shape index (κ3) is 5.69. The molecule has 1 N–H and O–H groups in total. The second-order valence-electron chi connectivity index (χ2n) is 11.8. The van der Waals surface area contributed by atoms with E-state index in [9.17, 15) is 0 Å². The molecule has 35 heavy (non-hydrogen) atoms. The van der Waals surface area contributed by atoms with E-state index in [4.69, 9.17) is 23.4 Å². The highest BCUT2D eigenvalue weighted by atomic mass is 16.7. The van der Waals surface area contributed by atoms with Crippen LogP contribution in [-0.4, -0.2) is 69.8 Å². The van der Waals surface area contributed by atoms with Crippen molar-refractivity contribution >= 4 is 25.2 Å². The number of nitrogens with one attached hydrogen (secondary N) is 1. The zero-order valence-corrected chi connectivity index (χ0v) is 22.5. The molecule has 2 aromatic rings. The maximum Gasteiger partial charge on any atom is 0.498 e. The minimum absolute atomic E-state index is 0.283. The Bertz CT molecular complexity index is 938. The molecule has 3 saturated heterocycles. The molecule has 0 spiro atoms. The van der Waals surface area contributed by atoms with E-state index in [-0.39, 0.29) is 36.6 Å². The van der Waals surface area contributed by atoms with Crippen molar-refractivity contribution in [2.24, 2.45) is 5.92 Å². The topological polar surface area (TPSA) is 92.7 Å². The van der Waals surface area contributed by atoms with Gasteiger partial charge in [-0.3, -0.25) is 9.78 Å². The van der Waals surface area contributed by atoms with E-state index in [0.29, 0.717) is 5.92 Å². The number of aromatic nitrogens is 4. The summed E-state index contributed by atoms with van der Waals surface area (Å²) in [6.07, 6.45) is 9.67. The molecular formula is C24H40B2N4O5. The minimum atomic E-state index is -0.321. The first kappa shape index (κ1) is 26.4. The number of hydrogen-bond acceptors (Lipinski definition) is 7. The summed E-state index contributed by atoms with van der Waals surface area (Å²) in [4.78, 5) is 0. The van der Waals surface area contributed by atoms with Crippen LogP contribution >= 0.6 is 0 Å². The Morgan fingerprint density at radius 2 is 1.34 bits per heavy atom. The summed E-state index contributed by atoms with van der Waals surface area (Å²) in [5, 5.41) is 11.1. The van der Waals surface area contributed by atoms with Gasteiger partial charge in [-0.05, 0) is 74.1 Å². The van der Waals surface area contributed by atoms with Gasteiger partial charge in [0.05, 0.1) is 22.4 Å². The number of H-pyrrole nitrogens is 1. The molecule has 11 heteroatoms. The zero-order valence-electron chi connectivity index (χ0n) is 22.5. The molecule has 2 aromatic heterocycles. The lowest BCUT2D eigenvalue weighted by atomic mass is 9.82. The van der Waals surface area contributed by atoms with Gasteiger partial charge < -0.3 is 23.4 Å². The quantitative estimate of drug-likeness (QED) is 0.664. The molecule has 9 nitrogen and oxygen atoms in total. The van der Waals surface area contributed by atoms with Crippen LogP contribution in [0.25, 0.3) is 0 Å². The van der Waals surface area contributed by atoms with E-state index in [0.717, 1.165) is 43.5 Å². The van der Waals surface area contributed by atoms with Crippen LogP contribution in [0.4, 0.5) is 0 Å². The molecule has 0 unspecified atom stereocenters. The highest BCUT2D eigenvalue weighted by molar-refractivity contribution is 6.62. The molecule has 0 bridgehead atoms. The molecule has 0 atom stereocenters. The fraction of sp³-hybridized carbons (Fsp3) is 0.750. The second-order valence-corrected chi connectivity index (χ2v) is 11.8. The molecule has 0 saturated carbocycles. The fourth-order valence-corrected chi connectivity index (χ4v) is 4.14. The van der Waals surface area contributed by atoms with Crippen LogP contribution in [0.1, 0.15) is 68.2 Å². The van der Waals surface area contributed by atoms with Crippen molar-refractivity contribution in [2.75, 3.05) is 13.2 Å². The predicted octanol–water partition coefficient (Wildman–Crippen LogP) is 2.32. The maximum absolute atomic E-state index is 6.06. The highest BCUT2D eigenvalue weighted by Gasteiger charge is 2.53. The fourth-order valence-electron chi connectivity index (χ4n) is 4.14. The van der Waals surface area contributed by atoms with Crippen molar-refractivity contribution in [3.8, 4) is 0 Å². The molecule has 0 radical (unpaired) electrons. The lowest BCUT2D eigenvalue weighted by molar-refractivity contribution is 0.00578. The molecule has 192 valence electrons. The smallest absolute Gasteiger partial charge is 0.399 e. The number of hydrogen-bond donors (Lipinski definition) is 1. The van der Waals surface area contributed by atoms with Crippen LogP contribution in [0.3, 0.4) is 0 Å². The van der Waals surface area contributed by atoms with Crippen molar-refractivity contribution in [3.05, 3.63) is 24.8 Å². The first-order chi connectivity index (χ1) is 16.3. The van der Waals surface area contributed by atoms with Gasteiger partial charge in [0.25, 0.3) is 0 Å². The Morgan fingerprint density at radius 3 is 1.83 bits per heavy atom. The molecular weight excluding hydrogens is 446 g/mol. The first-order valence-electron chi connectivity index (χ1n) is 12.6. The lowest BCUT2D eigenvalue weighted by Gasteiger charge is -2.32. The minimum Gasteiger partial charge on any atom is -0.399 e. The second kappa shape index (κ2) is 9.67. The Balaban J connectivity index is 0.000000179. The molecule has 3 fully saturated rings. The monoisotopic (exact) mass is 486 g/mol. The van der Waals surface area contributed by atoms with Crippen molar-refractivity contribution in [2.45, 2.75) is 97.2 Å². The van der Waals surface area contributed by atoms with E-state index >= 15 is 0 Å². The van der Waals surface area contributed by atoms with Crippen LogP contribution < -0.4 is 10.9 Å². The molecule has 5 rings (SSSR count). The van der Waals surface area contributed by atoms with E-state index in [1.54, 1.807) is 12.4 Å². The lowest BCUT2D eigenvalue weighted by Crippen LogP contribution is -2.41. The Hall–Kier alpha value is -1.65. The van der Waals surface area contributed by atoms with Crippen LogP contribution in [0.15, 0.2) is 24.8 Å². The van der Waals surface area contributed by atoms with Gasteiger partial charge in [0.15, 0.2) is 0 Å². The molecule has 3 aliphatic rings. The van der Waals surface area contributed by atoms with Crippen molar-refractivity contribution in [3.63, 3.8) is 0 Å². The first-order valence-corrected chi connectivity index (χ1v) is 12.6. The summed E-state index contributed by atoms with van der Waals surface area (Å²) < 4.78 is 31.2. The molecule has 0 aliphatic carbocycles. The summed E-state index contributed by atoms with van der Waals surface area (Å²) in [6, 6.07) is 0. The Labute approximate surface area is 209 Å². The van der Waals surface area contributed by atoms with Crippen LogP contribution in [-0.2, 0) is 29.9 Å². The summed E-state index contributed by atoms with van der Waals surface area (Å²) in [7, 11) is -0.628. The van der Waals surface area contributed by atoms with E-state index in [1.165, 1.54) is 0 Å². The van der Waals surface area contributed by atoms with Crippen LogP contribution in [0.5, 0.6) is 0 Å². The van der Waals surface area contributed by atoms with E-state index in [2.05, 4.69) is 49.2 Å². The highest BCUT2D eigenvalue weighted by Crippen LogP contribution is 2.37. The van der Waals surface area contributed by atoms with Crippen molar-refractivity contribution in [1.29, 1.82) is 0 Å². The van der Waals surface area contributed by atoms with Crippen molar-refractivity contribution < 1.29 is 23.4 Å². The van der Waals surface area contributed by atoms with Gasteiger partial charge in [-0.2, -0.15) is 10.2 Å². The third-order valence-corrected chi connectivity index (χ3v) is 8.01. The van der Waals surface area contributed by atoms with Gasteiger partial charge >= 0.3 is 14.2 Å². The van der Waals surface area contributed by atoms with E-state index < -0.39 is 0 Å². The van der Waals surface area contributed by atoms with Gasteiger partial charge in [0.2, 0.25) is 0 Å². The van der Waals surface area contributed by atoms with Gasteiger partial charge in [0.1, 0.15) is 0 Å². The average Bonchev–Trinajstić information content (AvgIpc) is 3.52. The maximum atomic E-state index is 6.06. The summed E-state index contributed by atoms with van der Waals surface area (Å²) in [5.74, 6) is 0.657. The normalized spacial score (nSPS) is 24.9. The number of ether oxygens (including phenoxy) is 1. The SMILES string of the molecule is CC1(C)OB(c2cn[nH]c2)OC1(C)C.CC1(C)OB(c2cnn(CC3CCOCC3)c2)OC1(C)C. The predicted molar refractivity (Wildman–Crippen MR) is 136 cm³/mol. The molecule has 0 aromatic carbocycles. The van der Waals surface area contributed by atoms with Gasteiger partial charge in [0, 0.05) is 55.5 Å².